The highest BCUT2D eigenvalue weighted by Crippen LogP contribution is 2.36. The molecule has 1 saturated heterocycles. The minimum atomic E-state index is -0.648. The molecule has 1 amide bonds. The van der Waals surface area contributed by atoms with Crippen LogP contribution < -0.4 is 0 Å². The van der Waals surface area contributed by atoms with Crippen LogP contribution in [-0.2, 0) is 11.2 Å². The SMILES string of the molecule is CCC[C@]1(CO)CCN(C(=O)CCc2ccccn2)C[C@H]1O. The lowest BCUT2D eigenvalue weighted by molar-refractivity contribution is -0.142. The molecule has 1 aromatic rings. The summed E-state index contributed by atoms with van der Waals surface area (Å²) in [5.41, 5.74) is 0.469. The van der Waals surface area contributed by atoms with Crippen LogP contribution in [0.3, 0.4) is 0 Å². The van der Waals surface area contributed by atoms with E-state index in [1.54, 1.807) is 11.1 Å². The van der Waals surface area contributed by atoms with Gasteiger partial charge in [0.25, 0.3) is 0 Å². The van der Waals surface area contributed by atoms with Crippen molar-refractivity contribution in [2.75, 3.05) is 19.7 Å². The molecule has 0 aromatic carbocycles. The zero-order chi connectivity index (χ0) is 16.0. The maximum atomic E-state index is 12.3. The molecule has 5 nitrogen and oxygen atoms in total. The van der Waals surface area contributed by atoms with Crippen LogP contribution in [0.2, 0.25) is 0 Å². The summed E-state index contributed by atoms with van der Waals surface area (Å²) in [5.74, 6) is 0.0488. The molecule has 2 N–H and O–H groups in total. The second-order valence-electron chi connectivity index (χ2n) is 6.20. The highest BCUT2D eigenvalue weighted by Gasteiger charge is 2.42. The number of hydrogen-bond acceptors (Lipinski definition) is 4. The minimum Gasteiger partial charge on any atom is -0.396 e. The molecule has 1 aliphatic rings. The number of nitrogens with zero attached hydrogens (tertiary/aromatic N) is 2. The van der Waals surface area contributed by atoms with E-state index in [-0.39, 0.29) is 12.5 Å². The van der Waals surface area contributed by atoms with Crippen LogP contribution >= 0.6 is 0 Å². The van der Waals surface area contributed by atoms with Crippen LogP contribution in [0.1, 0.15) is 38.3 Å². The Kier molecular flexibility index (Phi) is 5.91. The van der Waals surface area contributed by atoms with Crippen molar-refractivity contribution in [3.05, 3.63) is 30.1 Å². The monoisotopic (exact) mass is 306 g/mol. The van der Waals surface area contributed by atoms with E-state index in [1.165, 1.54) is 0 Å². The maximum absolute atomic E-state index is 12.3. The molecular weight excluding hydrogens is 280 g/mol. The second kappa shape index (κ2) is 7.70. The lowest BCUT2D eigenvalue weighted by Crippen LogP contribution is -2.54. The van der Waals surface area contributed by atoms with Gasteiger partial charge in [0.2, 0.25) is 5.91 Å². The molecule has 5 heteroatoms. The summed E-state index contributed by atoms with van der Waals surface area (Å²) < 4.78 is 0. The average molecular weight is 306 g/mol. The van der Waals surface area contributed by atoms with E-state index in [0.29, 0.717) is 32.4 Å². The Labute approximate surface area is 132 Å². The zero-order valence-electron chi connectivity index (χ0n) is 13.2. The van der Waals surface area contributed by atoms with Crippen LogP contribution in [0.5, 0.6) is 0 Å². The van der Waals surface area contributed by atoms with Gasteiger partial charge in [-0.3, -0.25) is 9.78 Å². The smallest absolute Gasteiger partial charge is 0.223 e. The van der Waals surface area contributed by atoms with E-state index < -0.39 is 11.5 Å². The van der Waals surface area contributed by atoms with Crippen LogP contribution in [0.4, 0.5) is 0 Å². The van der Waals surface area contributed by atoms with E-state index in [9.17, 15) is 15.0 Å². The van der Waals surface area contributed by atoms with Gasteiger partial charge in [0.05, 0.1) is 12.7 Å². The summed E-state index contributed by atoms with van der Waals surface area (Å²) in [6.07, 6.45) is 4.48. The molecule has 22 heavy (non-hydrogen) atoms. The average Bonchev–Trinajstić information content (AvgIpc) is 2.55. The largest absolute Gasteiger partial charge is 0.396 e. The molecule has 0 radical (unpaired) electrons. The summed E-state index contributed by atoms with van der Waals surface area (Å²) in [7, 11) is 0. The quantitative estimate of drug-likeness (QED) is 0.833. The number of likely N-dealkylation sites (tertiary alicyclic amines) is 1. The number of hydrogen-bond donors (Lipinski definition) is 2. The van der Waals surface area contributed by atoms with Gasteiger partial charge >= 0.3 is 0 Å². The van der Waals surface area contributed by atoms with Gasteiger partial charge in [-0.2, -0.15) is 0 Å². The molecule has 0 spiro atoms. The normalized spacial score (nSPS) is 25.2. The number of rotatable bonds is 6. The third-order valence-electron chi connectivity index (χ3n) is 4.72. The Bertz CT molecular complexity index is 480. The molecule has 1 fully saturated rings. The summed E-state index contributed by atoms with van der Waals surface area (Å²) in [6, 6.07) is 5.68. The van der Waals surface area contributed by atoms with Gasteiger partial charge in [0.1, 0.15) is 0 Å². The fourth-order valence-electron chi connectivity index (χ4n) is 3.24. The van der Waals surface area contributed by atoms with Crippen molar-refractivity contribution in [3.8, 4) is 0 Å². The number of pyridine rings is 1. The highest BCUT2D eigenvalue weighted by molar-refractivity contribution is 5.76. The number of aromatic nitrogens is 1. The lowest BCUT2D eigenvalue weighted by Gasteiger charge is -2.44. The summed E-state index contributed by atoms with van der Waals surface area (Å²) in [6.45, 7) is 2.97. The van der Waals surface area contributed by atoms with Gasteiger partial charge in [-0.1, -0.05) is 19.4 Å². The predicted octanol–water partition coefficient (Wildman–Crippen LogP) is 1.39. The summed E-state index contributed by atoms with van der Waals surface area (Å²) >= 11 is 0. The Hall–Kier alpha value is -1.46. The third kappa shape index (κ3) is 3.84. The van der Waals surface area contributed by atoms with Gasteiger partial charge in [0, 0.05) is 36.8 Å². The molecule has 0 unspecified atom stereocenters. The predicted molar refractivity (Wildman–Crippen MR) is 84.2 cm³/mol. The van der Waals surface area contributed by atoms with Crippen LogP contribution in [-0.4, -0.2) is 51.8 Å². The molecule has 0 aliphatic carbocycles. The number of carbonyl (C=O) groups is 1. The zero-order valence-corrected chi connectivity index (χ0v) is 13.2. The molecule has 2 heterocycles. The number of aryl methyl sites for hydroxylation is 1. The molecule has 1 aliphatic heterocycles. The summed E-state index contributed by atoms with van der Waals surface area (Å²) in [5, 5.41) is 20.0. The summed E-state index contributed by atoms with van der Waals surface area (Å²) in [4.78, 5) is 18.2. The Morgan fingerprint density at radius 3 is 2.91 bits per heavy atom. The number of piperidine rings is 1. The fraction of sp³-hybridized carbons (Fsp3) is 0.647. The van der Waals surface area contributed by atoms with Gasteiger partial charge < -0.3 is 15.1 Å². The van der Waals surface area contributed by atoms with Gasteiger partial charge in [-0.15, -0.1) is 0 Å². The molecule has 0 bridgehead atoms. The van der Waals surface area contributed by atoms with Crippen molar-refractivity contribution in [3.63, 3.8) is 0 Å². The van der Waals surface area contributed by atoms with Crippen molar-refractivity contribution < 1.29 is 15.0 Å². The Morgan fingerprint density at radius 2 is 2.32 bits per heavy atom. The van der Waals surface area contributed by atoms with E-state index in [2.05, 4.69) is 11.9 Å². The number of carbonyl (C=O) groups excluding carboxylic acids is 1. The maximum Gasteiger partial charge on any atom is 0.223 e. The van der Waals surface area contributed by atoms with Crippen molar-refractivity contribution in [2.24, 2.45) is 5.41 Å². The highest BCUT2D eigenvalue weighted by atomic mass is 16.3. The first kappa shape index (κ1) is 16.9. The fourth-order valence-corrected chi connectivity index (χ4v) is 3.24. The molecule has 1 aromatic heterocycles. The van der Waals surface area contributed by atoms with Crippen molar-refractivity contribution in [1.29, 1.82) is 0 Å². The number of amides is 1. The van der Waals surface area contributed by atoms with Crippen molar-refractivity contribution in [2.45, 2.75) is 45.1 Å². The topological polar surface area (TPSA) is 73.7 Å². The second-order valence-corrected chi connectivity index (χ2v) is 6.20. The lowest BCUT2D eigenvalue weighted by atomic mass is 9.73. The molecule has 0 saturated carbocycles. The van der Waals surface area contributed by atoms with Gasteiger partial charge in [-0.25, -0.2) is 0 Å². The van der Waals surface area contributed by atoms with E-state index in [4.69, 9.17) is 0 Å². The first-order valence-corrected chi connectivity index (χ1v) is 8.08. The van der Waals surface area contributed by atoms with Crippen LogP contribution in [0.25, 0.3) is 0 Å². The Morgan fingerprint density at radius 1 is 1.50 bits per heavy atom. The third-order valence-corrected chi connectivity index (χ3v) is 4.72. The first-order chi connectivity index (χ1) is 10.6. The van der Waals surface area contributed by atoms with E-state index in [0.717, 1.165) is 18.5 Å². The first-order valence-electron chi connectivity index (χ1n) is 8.08. The van der Waals surface area contributed by atoms with Gasteiger partial charge in [-0.05, 0) is 31.4 Å². The van der Waals surface area contributed by atoms with E-state index >= 15 is 0 Å². The number of aliphatic hydroxyl groups is 2. The van der Waals surface area contributed by atoms with E-state index in [1.807, 2.05) is 18.2 Å². The number of β-amino-alcohol motifs (C(OH)–C–C–N with tert-alkyl or cyclic N) is 1. The van der Waals surface area contributed by atoms with Gasteiger partial charge in [0.15, 0.2) is 0 Å². The molecule has 2 atom stereocenters. The standard InChI is InChI=1S/C17H26N2O3/c1-2-8-17(13-20)9-11-19(12-15(17)21)16(22)7-6-14-5-3-4-10-18-14/h3-5,10,15,20-21H,2,6-9,11-13H2,1H3/t15-,17-/m1/s1. The minimum absolute atomic E-state index is 0.0159. The molecular formula is C17H26N2O3. The Balaban J connectivity index is 1.88. The number of aliphatic hydroxyl groups excluding tert-OH is 2. The van der Waals surface area contributed by atoms with Crippen molar-refractivity contribution in [1.82, 2.24) is 9.88 Å². The van der Waals surface area contributed by atoms with Crippen LogP contribution in [0, 0.1) is 5.41 Å². The van der Waals surface area contributed by atoms with Crippen LogP contribution in [0.15, 0.2) is 24.4 Å². The van der Waals surface area contributed by atoms with Crippen molar-refractivity contribution >= 4 is 5.91 Å². The molecule has 122 valence electrons. The molecule has 2 rings (SSSR count).